The van der Waals surface area contributed by atoms with Gasteiger partial charge in [-0.3, -0.25) is 0 Å². The monoisotopic (exact) mass is 323 g/mol. The molecule has 0 amide bonds. The van der Waals surface area contributed by atoms with E-state index in [0.29, 0.717) is 23.0 Å². The summed E-state index contributed by atoms with van der Waals surface area (Å²) >= 11 is 0. The summed E-state index contributed by atoms with van der Waals surface area (Å²) < 4.78 is 13.0. The van der Waals surface area contributed by atoms with Gasteiger partial charge in [0.2, 0.25) is 0 Å². The van der Waals surface area contributed by atoms with Crippen molar-refractivity contribution in [2.24, 2.45) is 0 Å². The molecule has 2 aromatic carbocycles. The van der Waals surface area contributed by atoms with Crippen LogP contribution in [0, 0.1) is 5.82 Å². The molecule has 122 valence electrons. The number of hydrogen-bond acceptors (Lipinski definition) is 5. The zero-order chi connectivity index (χ0) is 16.9. The Morgan fingerprint density at radius 2 is 1.62 bits per heavy atom. The SMILES string of the molecule is CC(Nc1ncnc(Nc2ccc(F)cc2)c1N)c1ccccc1. The van der Waals surface area contributed by atoms with Gasteiger partial charge in [0, 0.05) is 5.69 Å². The summed E-state index contributed by atoms with van der Waals surface area (Å²) in [6.07, 6.45) is 1.43. The molecule has 1 aromatic heterocycles. The molecule has 0 fully saturated rings. The zero-order valence-corrected chi connectivity index (χ0v) is 13.2. The van der Waals surface area contributed by atoms with E-state index in [-0.39, 0.29) is 11.9 Å². The topological polar surface area (TPSA) is 75.9 Å². The number of anilines is 4. The predicted octanol–water partition coefficient (Wildman–Crippen LogP) is 4.11. The van der Waals surface area contributed by atoms with Gasteiger partial charge in [0.1, 0.15) is 17.8 Å². The van der Waals surface area contributed by atoms with Crippen LogP contribution >= 0.6 is 0 Å². The van der Waals surface area contributed by atoms with Gasteiger partial charge in [-0.2, -0.15) is 0 Å². The highest BCUT2D eigenvalue weighted by Crippen LogP contribution is 2.28. The van der Waals surface area contributed by atoms with Gasteiger partial charge in [-0.1, -0.05) is 30.3 Å². The predicted molar refractivity (Wildman–Crippen MR) is 94.6 cm³/mol. The van der Waals surface area contributed by atoms with Gasteiger partial charge in [0.05, 0.1) is 6.04 Å². The van der Waals surface area contributed by atoms with Gasteiger partial charge in [-0.05, 0) is 36.8 Å². The van der Waals surface area contributed by atoms with Crippen molar-refractivity contribution in [3.05, 3.63) is 72.3 Å². The van der Waals surface area contributed by atoms with Crippen LogP contribution in [-0.2, 0) is 0 Å². The number of rotatable bonds is 5. The van der Waals surface area contributed by atoms with Crippen molar-refractivity contribution in [2.75, 3.05) is 16.4 Å². The second-order valence-electron chi connectivity index (χ2n) is 5.39. The van der Waals surface area contributed by atoms with E-state index in [0.717, 1.165) is 5.56 Å². The molecule has 0 aliphatic rings. The van der Waals surface area contributed by atoms with Crippen LogP contribution < -0.4 is 16.4 Å². The van der Waals surface area contributed by atoms with E-state index in [1.54, 1.807) is 12.1 Å². The Kier molecular flexibility index (Phi) is 4.56. The molecule has 3 rings (SSSR count). The molecule has 0 bridgehead atoms. The van der Waals surface area contributed by atoms with E-state index >= 15 is 0 Å². The fourth-order valence-electron chi connectivity index (χ4n) is 2.31. The Morgan fingerprint density at radius 1 is 0.958 bits per heavy atom. The minimum absolute atomic E-state index is 0.0436. The van der Waals surface area contributed by atoms with Gasteiger partial charge in [-0.25, -0.2) is 14.4 Å². The lowest BCUT2D eigenvalue weighted by Gasteiger charge is -2.17. The van der Waals surface area contributed by atoms with E-state index < -0.39 is 0 Å². The maximum Gasteiger partial charge on any atom is 0.159 e. The summed E-state index contributed by atoms with van der Waals surface area (Å²) in [5.74, 6) is 0.723. The Labute approximate surface area is 139 Å². The molecule has 1 heterocycles. The van der Waals surface area contributed by atoms with Crippen molar-refractivity contribution in [2.45, 2.75) is 13.0 Å². The summed E-state index contributed by atoms with van der Waals surface area (Å²) in [5, 5.41) is 6.36. The third-order valence-electron chi connectivity index (χ3n) is 3.64. The molecule has 0 aliphatic heterocycles. The van der Waals surface area contributed by atoms with E-state index in [9.17, 15) is 4.39 Å². The molecule has 0 saturated heterocycles. The second kappa shape index (κ2) is 6.95. The maximum absolute atomic E-state index is 13.0. The second-order valence-corrected chi connectivity index (χ2v) is 5.39. The average Bonchev–Trinajstić information content (AvgIpc) is 2.61. The number of hydrogen-bond donors (Lipinski definition) is 3. The first kappa shape index (κ1) is 15.7. The van der Waals surface area contributed by atoms with Gasteiger partial charge < -0.3 is 16.4 Å². The van der Waals surface area contributed by atoms with E-state index in [4.69, 9.17) is 5.73 Å². The van der Waals surface area contributed by atoms with E-state index in [2.05, 4.69) is 20.6 Å². The molecule has 4 N–H and O–H groups in total. The van der Waals surface area contributed by atoms with Crippen LogP contribution in [0.15, 0.2) is 60.9 Å². The molecule has 0 radical (unpaired) electrons. The van der Waals surface area contributed by atoms with Crippen LogP contribution in [0.5, 0.6) is 0 Å². The van der Waals surface area contributed by atoms with E-state index in [1.807, 2.05) is 37.3 Å². The molecular formula is C18H18FN5. The van der Waals surface area contributed by atoms with Crippen molar-refractivity contribution >= 4 is 23.0 Å². The minimum Gasteiger partial charge on any atom is -0.393 e. The van der Waals surface area contributed by atoms with Crippen LogP contribution in [-0.4, -0.2) is 9.97 Å². The normalized spacial score (nSPS) is 11.8. The first-order valence-electron chi connectivity index (χ1n) is 7.58. The van der Waals surface area contributed by atoms with Crippen LogP contribution in [0.4, 0.5) is 27.4 Å². The number of benzene rings is 2. The van der Waals surface area contributed by atoms with Crippen LogP contribution in [0.1, 0.15) is 18.5 Å². The fourth-order valence-corrected chi connectivity index (χ4v) is 2.31. The molecule has 0 aliphatic carbocycles. The standard InChI is InChI=1S/C18H18FN5/c1-12(13-5-3-2-4-6-13)23-17-16(20)18(22-11-21-17)24-15-9-7-14(19)8-10-15/h2-12H,20H2,1H3,(H2,21,22,23,24). The van der Waals surface area contributed by atoms with Crippen LogP contribution in [0.25, 0.3) is 0 Å². The summed E-state index contributed by atoms with van der Waals surface area (Å²) in [5.41, 5.74) is 8.40. The fraction of sp³-hybridized carbons (Fsp3) is 0.111. The molecule has 24 heavy (non-hydrogen) atoms. The lowest BCUT2D eigenvalue weighted by Crippen LogP contribution is -2.11. The summed E-state index contributed by atoms with van der Waals surface area (Å²) in [6, 6.07) is 16.0. The Hall–Kier alpha value is -3.15. The highest BCUT2D eigenvalue weighted by molar-refractivity contribution is 5.77. The molecule has 0 spiro atoms. The molecule has 0 saturated carbocycles. The smallest absolute Gasteiger partial charge is 0.159 e. The molecule has 1 atom stereocenters. The third kappa shape index (κ3) is 3.60. The molecule has 6 heteroatoms. The molecular weight excluding hydrogens is 305 g/mol. The minimum atomic E-state index is -0.296. The van der Waals surface area contributed by atoms with Crippen molar-refractivity contribution in [1.82, 2.24) is 9.97 Å². The number of nitrogens with two attached hydrogens (primary N) is 1. The highest BCUT2D eigenvalue weighted by atomic mass is 19.1. The third-order valence-corrected chi connectivity index (χ3v) is 3.64. The van der Waals surface area contributed by atoms with Gasteiger partial charge in [0.15, 0.2) is 11.6 Å². The molecule has 5 nitrogen and oxygen atoms in total. The van der Waals surface area contributed by atoms with Crippen molar-refractivity contribution in [1.29, 1.82) is 0 Å². The van der Waals surface area contributed by atoms with Crippen molar-refractivity contribution < 1.29 is 4.39 Å². The Morgan fingerprint density at radius 3 is 2.33 bits per heavy atom. The quantitative estimate of drug-likeness (QED) is 0.658. The zero-order valence-electron chi connectivity index (χ0n) is 13.2. The number of nitrogens with zero attached hydrogens (tertiary/aromatic N) is 2. The van der Waals surface area contributed by atoms with Gasteiger partial charge >= 0.3 is 0 Å². The summed E-state index contributed by atoms with van der Waals surface area (Å²) in [7, 11) is 0. The lowest BCUT2D eigenvalue weighted by atomic mass is 10.1. The van der Waals surface area contributed by atoms with Crippen LogP contribution in [0.3, 0.4) is 0 Å². The lowest BCUT2D eigenvalue weighted by molar-refractivity contribution is 0.628. The summed E-state index contributed by atoms with van der Waals surface area (Å²) in [4.78, 5) is 8.37. The first-order valence-corrected chi connectivity index (χ1v) is 7.58. The largest absolute Gasteiger partial charge is 0.393 e. The first-order chi connectivity index (χ1) is 11.6. The van der Waals surface area contributed by atoms with Crippen molar-refractivity contribution in [3.8, 4) is 0 Å². The van der Waals surface area contributed by atoms with Gasteiger partial charge in [-0.15, -0.1) is 0 Å². The molecule has 3 aromatic rings. The number of nitrogens with one attached hydrogen (secondary N) is 2. The van der Waals surface area contributed by atoms with Crippen molar-refractivity contribution in [3.63, 3.8) is 0 Å². The molecule has 1 unspecified atom stereocenters. The Balaban J connectivity index is 1.79. The van der Waals surface area contributed by atoms with E-state index in [1.165, 1.54) is 18.5 Å². The van der Waals surface area contributed by atoms with Gasteiger partial charge in [0.25, 0.3) is 0 Å². The highest BCUT2D eigenvalue weighted by Gasteiger charge is 2.12. The van der Waals surface area contributed by atoms with Crippen LogP contribution in [0.2, 0.25) is 0 Å². The average molecular weight is 323 g/mol. The Bertz CT molecular complexity index is 805. The number of aromatic nitrogens is 2. The number of halogens is 1. The number of nitrogen functional groups attached to an aromatic ring is 1. The summed E-state index contributed by atoms with van der Waals surface area (Å²) in [6.45, 7) is 2.03. The maximum atomic E-state index is 13.0.